The number of aliphatic hydroxyl groups is 7. The Labute approximate surface area is 184 Å². The highest BCUT2D eigenvalue weighted by Gasteiger charge is 2.51. The lowest BCUT2D eigenvalue weighted by Crippen LogP contribution is -2.68. The van der Waals surface area contributed by atoms with E-state index in [2.05, 4.69) is 0 Å². The fraction of sp³-hybridized carbons (Fsp3) is 1.00. The number of nitrogens with two attached hydrogens (primary N) is 3. The molecule has 0 aromatic heterocycles. The number of ether oxygens (including phenoxy) is 4. The molecule has 3 rings (SSSR count). The van der Waals surface area contributed by atoms with E-state index in [0.29, 0.717) is 0 Å². The van der Waals surface area contributed by atoms with E-state index >= 15 is 0 Å². The number of hydrogen-bond acceptors (Lipinski definition) is 14. The molecule has 0 bridgehead atoms. The molecule has 14 heteroatoms. The predicted octanol–water partition coefficient (Wildman–Crippen LogP) is -6.23. The van der Waals surface area contributed by atoms with Crippen LogP contribution in [0.25, 0.3) is 0 Å². The highest BCUT2D eigenvalue weighted by atomic mass is 16.7. The molecule has 0 aromatic rings. The highest BCUT2D eigenvalue weighted by Crippen LogP contribution is 2.31. The van der Waals surface area contributed by atoms with Crippen LogP contribution in [-0.2, 0) is 18.9 Å². The van der Waals surface area contributed by atoms with Crippen molar-refractivity contribution in [3.63, 3.8) is 0 Å². The highest BCUT2D eigenvalue weighted by molar-refractivity contribution is 5.01. The van der Waals surface area contributed by atoms with Crippen LogP contribution in [0.3, 0.4) is 0 Å². The maximum Gasteiger partial charge on any atom is 0.187 e. The van der Waals surface area contributed by atoms with Crippen LogP contribution in [0.1, 0.15) is 13.3 Å². The summed E-state index contributed by atoms with van der Waals surface area (Å²) in [6.07, 6.45) is -15.8. The predicted molar refractivity (Wildman–Crippen MR) is 104 cm³/mol. The van der Waals surface area contributed by atoms with Crippen molar-refractivity contribution >= 4 is 0 Å². The van der Waals surface area contributed by atoms with Crippen LogP contribution in [0.4, 0.5) is 0 Å². The monoisotopic (exact) mass is 469 g/mol. The Morgan fingerprint density at radius 2 is 1.25 bits per heavy atom. The smallest absolute Gasteiger partial charge is 0.187 e. The molecule has 1 aliphatic carbocycles. The Bertz CT molecular complexity index is 619. The average molecular weight is 469 g/mol. The van der Waals surface area contributed by atoms with Crippen LogP contribution < -0.4 is 17.2 Å². The third-order valence-electron chi connectivity index (χ3n) is 6.39. The first kappa shape index (κ1) is 26.1. The van der Waals surface area contributed by atoms with Crippen LogP contribution in [0.5, 0.6) is 0 Å². The van der Waals surface area contributed by atoms with E-state index in [9.17, 15) is 35.7 Å². The van der Waals surface area contributed by atoms with Gasteiger partial charge in [0.25, 0.3) is 0 Å². The summed E-state index contributed by atoms with van der Waals surface area (Å²) in [5.74, 6) is 0. The van der Waals surface area contributed by atoms with E-state index in [1.165, 1.54) is 6.92 Å². The van der Waals surface area contributed by atoms with E-state index in [0.717, 1.165) is 0 Å². The molecule has 188 valence electrons. The third-order valence-corrected chi connectivity index (χ3v) is 6.39. The maximum absolute atomic E-state index is 10.9. The van der Waals surface area contributed by atoms with Gasteiger partial charge in [0.1, 0.15) is 54.9 Å². The fourth-order valence-corrected chi connectivity index (χ4v) is 4.30. The number of aliphatic hydroxyl groups excluding tert-OH is 7. The first-order chi connectivity index (χ1) is 15.0. The minimum absolute atomic E-state index is 0.108. The topological polar surface area (TPSA) is 257 Å². The molecule has 3 aliphatic rings. The van der Waals surface area contributed by atoms with Crippen molar-refractivity contribution in [2.24, 2.45) is 17.2 Å². The summed E-state index contributed by atoms with van der Waals surface area (Å²) >= 11 is 0. The van der Waals surface area contributed by atoms with E-state index in [4.69, 9.17) is 36.1 Å². The van der Waals surface area contributed by atoms with Crippen LogP contribution in [0.15, 0.2) is 0 Å². The first-order valence-corrected chi connectivity index (χ1v) is 10.6. The molecule has 3 fully saturated rings. The molecule has 1 saturated carbocycles. The van der Waals surface area contributed by atoms with Gasteiger partial charge in [0.15, 0.2) is 12.6 Å². The second-order valence-corrected chi connectivity index (χ2v) is 8.72. The molecular formula is C18H35N3O11. The van der Waals surface area contributed by atoms with Gasteiger partial charge in [-0.3, -0.25) is 0 Å². The Balaban J connectivity index is 1.71. The van der Waals surface area contributed by atoms with Gasteiger partial charge in [0.2, 0.25) is 0 Å². The molecule has 0 amide bonds. The zero-order valence-corrected chi connectivity index (χ0v) is 17.6. The fourth-order valence-electron chi connectivity index (χ4n) is 4.30. The molecule has 13 N–H and O–H groups in total. The standard InChI is InChI=1S/C18H35N3O11/c1-4-9(23)12(26)13(27)18(29-4)32-16-6(20)2-5(19)15(14(16)28)31-17-11(25)8(21)10(24)7(3-22)30-17/h4-18,22-28H,2-3,19-21H2,1H3. The minimum atomic E-state index is -1.61. The average Bonchev–Trinajstić information content (AvgIpc) is 2.75. The Morgan fingerprint density at radius 1 is 0.719 bits per heavy atom. The molecule has 2 saturated heterocycles. The van der Waals surface area contributed by atoms with Crippen molar-refractivity contribution in [3.05, 3.63) is 0 Å². The molecule has 0 radical (unpaired) electrons. The quantitative estimate of drug-likeness (QED) is 0.180. The molecule has 2 heterocycles. The summed E-state index contributed by atoms with van der Waals surface area (Å²) in [5.41, 5.74) is 18.0. The van der Waals surface area contributed by atoms with E-state index < -0.39 is 98.4 Å². The van der Waals surface area contributed by atoms with Gasteiger partial charge in [-0.15, -0.1) is 0 Å². The summed E-state index contributed by atoms with van der Waals surface area (Å²) in [4.78, 5) is 0. The van der Waals surface area contributed by atoms with Gasteiger partial charge in [-0.2, -0.15) is 0 Å². The van der Waals surface area contributed by atoms with E-state index in [1.807, 2.05) is 0 Å². The zero-order chi connectivity index (χ0) is 23.9. The lowest BCUT2D eigenvalue weighted by Gasteiger charge is -2.48. The summed E-state index contributed by atoms with van der Waals surface area (Å²) in [6, 6.07) is -2.80. The Hall–Kier alpha value is -0.560. The number of rotatable bonds is 5. The molecule has 0 aromatic carbocycles. The molecule has 14 nitrogen and oxygen atoms in total. The van der Waals surface area contributed by atoms with Crippen molar-refractivity contribution in [3.8, 4) is 0 Å². The van der Waals surface area contributed by atoms with Gasteiger partial charge in [0, 0.05) is 12.1 Å². The van der Waals surface area contributed by atoms with Crippen molar-refractivity contribution in [2.75, 3.05) is 6.61 Å². The SMILES string of the molecule is CC1OC(OC2C(N)CC(N)C(OC3OC(CO)C(O)C(N)C3O)C2O)C(O)C(O)C1O. The summed E-state index contributed by atoms with van der Waals surface area (Å²) in [7, 11) is 0. The van der Waals surface area contributed by atoms with Crippen molar-refractivity contribution < 1.29 is 54.7 Å². The van der Waals surface area contributed by atoms with Crippen LogP contribution >= 0.6 is 0 Å². The van der Waals surface area contributed by atoms with Gasteiger partial charge in [-0.1, -0.05) is 0 Å². The van der Waals surface area contributed by atoms with Gasteiger partial charge in [0.05, 0.1) is 18.8 Å². The second-order valence-electron chi connectivity index (χ2n) is 8.72. The summed E-state index contributed by atoms with van der Waals surface area (Å²) < 4.78 is 22.2. The molecule has 15 unspecified atom stereocenters. The van der Waals surface area contributed by atoms with Gasteiger partial charge < -0.3 is 71.9 Å². The molecule has 2 aliphatic heterocycles. The Morgan fingerprint density at radius 3 is 1.78 bits per heavy atom. The lowest BCUT2D eigenvalue weighted by molar-refractivity contribution is -0.331. The lowest BCUT2D eigenvalue weighted by atomic mass is 9.84. The van der Waals surface area contributed by atoms with Crippen molar-refractivity contribution in [1.82, 2.24) is 0 Å². The van der Waals surface area contributed by atoms with Gasteiger partial charge in [-0.05, 0) is 13.3 Å². The number of hydrogen-bond donors (Lipinski definition) is 10. The van der Waals surface area contributed by atoms with Crippen molar-refractivity contribution in [1.29, 1.82) is 0 Å². The largest absolute Gasteiger partial charge is 0.394 e. The summed E-state index contributed by atoms with van der Waals surface area (Å²) in [5, 5.41) is 70.6. The van der Waals surface area contributed by atoms with Crippen LogP contribution in [0.2, 0.25) is 0 Å². The molecular weight excluding hydrogens is 434 g/mol. The van der Waals surface area contributed by atoms with E-state index in [1.54, 1.807) is 0 Å². The molecule has 32 heavy (non-hydrogen) atoms. The zero-order valence-electron chi connectivity index (χ0n) is 17.6. The first-order valence-electron chi connectivity index (χ1n) is 10.6. The molecule has 15 atom stereocenters. The Kier molecular flexibility index (Phi) is 8.44. The summed E-state index contributed by atoms with van der Waals surface area (Å²) in [6.45, 7) is 0.896. The van der Waals surface area contributed by atoms with E-state index in [-0.39, 0.29) is 6.42 Å². The normalized spacial score (nSPS) is 55.0. The van der Waals surface area contributed by atoms with Crippen molar-refractivity contribution in [2.45, 2.75) is 105 Å². The van der Waals surface area contributed by atoms with Crippen LogP contribution in [0, 0.1) is 0 Å². The minimum Gasteiger partial charge on any atom is -0.394 e. The third kappa shape index (κ3) is 4.94. The maximum atomic E-state index is 10.9. The van der Waals surface area contributed by atoms with Gasteiger partial charge >= 0.3 is 0 Å². The van der Waals surface area contributed by atoms with Gasteiger partial charge in [-0.25, -0.2) is 0 Å². The second kappa shape index (κ2) is 10.4. The molecule has 0 spiro atoms. The van der Waals surface area contributed by atoms with Crippen LogP contribution in [-0.4, -0.2) is 134 Å².